The second-order valence-corrected chi connectivity index (χ2v) is 3.36. The minimum atomic E-state index is -0.574. The summed E-state index contributed by atoms with van der Waals surface area (Å²) in [6.07, 6.45) is 1.59. The van der Waals surface area contributed by atoms with Gasteiger partial charge >= 0.3 is 0 Å². The van der Waals surface area contributed by atoms with Gasteiger partial charge in [-0.15, -0.1) is 11.3 Å². The smallest absolute Gasteiger partial charge is 0.136 e. The van der Waals surface area contributed by atoms with E-state index in [-0.39, 0.29) is 0 Å². The molecule has 0 unspecified atom stereocenters. The molecule has 0 aliphatic carbocycles. The Labute approximate surface area is 77.7 Å². The molecule has 0 amide bonds. The molecule has 0 aliphatic rings. The molecule has 2 aromatic rings. The Kier molecular flexibility index (Phi) is 2.06. The fourth-order valence-electron chi connectivity index (χ4n) is 1.02. The molecule has 0 fully saturated rings. The molecule has 0 radical (unpaired) electrons. The highest BCUT2D eigenvalue weighted by Crippen LogP contribution is 2.24. The maximum atomic E-state index is 13.1. The van der Waals surface area contributed by atoms with Gasteiger partial charge in [-0.3, -0.25) is 0 Å². The van der Waals surface area contributed by atoms with E-state index in [1.165, 1.54) is 23.5 Å². The lowest BCUT2D eigenvalue weighted by Crippen LogP contribution is -1.84. The Morgan fingerprint density at radius 2 is 2.08 bits per heavy atom. The third-order valence-corrected chi connectivity index (χ3v) is 2.40. The van der Waals surface area contributed by atoms with Crippen LogP contribution in [0.4, 0.5) is 8.78 Å². The summed E-state index contributed by atoms with van der Waals surface area (Å²) in [7, 11) is 0. The normalized spacial score (nSPS) is 10.3. The molecule has 2 rings (SSSR count). The molecule has 1 aromatic carbocycles. The van der Waals surface area contributed by atoms with Crippen LogP contribution in [-0.2, 0) is 0 Å². The predicted octanol–water partition coefficient (Wildman–Crippen LogP) is 3.09. The molecule has 4 heteroatoms. The molecular formula is C9H5F2NS. The SMILES string of the molecule is Fc1ccc(-c2nccs2)c(F)c1. The van der Waals surface area contributed by atoms with Gasteiger partial charge in [-0.05, 0) is 12.1 Å². The zero-order valence-corrected chi connectivity index (χ0v) is 7.31. The van der Waals surface area contributed by atoms with Gasteiger partial charge in [0.1, 0.15) is 16.6 Å². The largest absolute Gasteiger partial charge is 0.244 e. The number of rotatable bonds is 1. The van der Waals surface area contributed by atoms with Crippen LogP contribution in [0.1, 0.15) is 0 Å². The summed E-state index contributed by atoms with van der Waals surface area (Å²) in [4.78, 5) is 3.93. The number of hydrogen-bond donors (Lipinski definition) is 0. The minimum Gasteiger partial charge on any atom is -0.244 e. The molecule has 0 aliphatic heterocycles. The summed E-state index contributed by atoms with van der Waals surface area (Å²) < 4.78 is 25.7. The Morgan fingerprint density at radius 1 is 1.23 bits per heavy atom. The van der Waals surface area contributed by atoms with Gasteiger partial charge in [0.15, 0.2) is 0 Å². The van der Waals surface area contributed by atoms with Crippen molar-refractivity contribution in [3.05, 3.63) is 41.4 Å². The first-order valence-electron chi connectivity index (χ1n) is 3.62. The van der Waals surface area contributed by atoms with Crippen LogP contribution < -0.4 is 0 Å². The van der Waals surface area contributed by atoms with E-state index in [9.17, 15) is 8.78 Å². The van der Waals surface area contributed by atoms with Crippen LogP contribution in [0.25, 0.3) is 10.6 Å². The van der Waals surface area contributed by atoms with Crippen molar-refractivity contribution < 1.29 is 8.78 Å². The van der Waals surface area contributed by atoms with Crippen LogP contribution in [0.2, 0.25) is 0 Å². The molecular weight excluding hydrogens is 192 g/mol. The van der Waals surface area contributed by atoms with Crippen LogP contribution >= 0.6 is 11.3 Å². The van der Waals surface area contributed by atoms with Crippen LogP contribution in [0.3, 0.4) is 0 Å². The molecule has 1 nitrogen and oxygen atoms in total. The maximum absolute atomic E-state index is 13.1. The number of halogens is 2. The predicted molar refractivity (Wildman–Crippen MR) is 47.5 cm³/mol. The van der Waals surface area contributed by atoms with E-state index in [1.54, 1.807) is 11.6 Å². The van der Waals surface area contributed by atoms with E-state index in [0.29, 0.717) is 10.6 Å². The molecule has 13 heavy (non-hydrogen) atoms. The monoisotopic (exact) mass is 197 g/mol. The van der Waals surface area contributed by atoms with Crippen molar-refractivity contribution >= 4 is 11.3 Å². The number of thiazole rings is 1. The van der Waals surface area contributed by atoms with Gasteiger partial charge in [0, 0.05) is 23.2 Å². The van der Waals surface area contributed by atoms with Crippen molar-refractivity contribution in [3.63, 3.8) is 0 Å². The number of hydrogen-bond acceptors (Lipinski definition) is 2. The summed E-state index contributed by atoms with van der Waals surface area (Å²) in [6.45, 7) is 0. The van der Waals surface area contributed by atoms with Gasteiger partial charge in [-0.1, -0.05) is 0 Å². The fraction of sp³-hybridized carbons (Fsp3) is 0. The summed E-state index contributed by atoms with van der Waals surface area (Å²) in [6, 6.07) is 3.47. The average Bonchev–Trinajstić information content (AvgIpc) is 2.56. The average molecular weight is 197 g/mol. The molecule has 0 saturated heterocycles. The van der Waals surface area contributed by atoms with E-state index in [0.717, 1.165) is 6.07 Å². The van der Waals surface area contributed by atoms with E-state index in [2.05, 4.69) is 4.98 Å². The highest BCUT2D eigenvalue weighted by atomic mass is 32.1. The third-order valence-electron chi connectivity index (χ3n) is 1.59. The number of nitrogens with zero attached hydrogens (tertiary/aromatic N) is 1. The molecule has 0 bridgehead atoms. The van der Waals surface area contributed by atoms with Gasteiger partial charge in [0.2, 0.25) is 0 Å². The van der Waals surface area contributed by atoms with Crippen molar-refractivity contribution in [2.75, 3.05) is 0 Å². The fourth-order valence-corrected chi connectivity index (χ4v) is 1.68. The van der Waals surface area contributed by atoms with Crippen molar-refractivity contribution in [1.82, 2.24) is 4.98 Å². The molecule has 66 valence electrons. The molecule has 0 N–H and O–H groups in total. The Balaban J connectivity index is 2.53. The second-order valence-electron chi connectivity index (χ2n) is 2.46. The molecule has 0 spiro atoms. The van der Waals surface area contributed by atoms with Crippen molar-refractivity contribution in [2.45, 2.75) is 0 Å². The first kappa shape index (κ1) is 8.31. The summed E-state index contributed by atoms with van der Waals surface area (Å²) in [5, 5.41) is 2.32. The zero-order valence-electron chi connectivity index (χ0n) is 6.50. The van der Waals surface area contributed by atoms with Crippen molar-refractivity contribution in [1.29, 1.82) is 0 Å². The minimum absolute atomic E-state index is 0.344. The van der Waals surface area contributed by atoms with Crippen LogP contribution in [0.5, 0.6) is 0 Å². The lowest BCUT2D eigenvalue weighted by atomic mass is 10.2. The highest BCUT2D eigenvalue weighted by Gasteiger charge is 2.07. The summed E-state index contributed by atoms with van der Waals surface area (Å²) in [5.41, 5.74) is 0.344. The van der Waals surface area contributed by atoms with Crippen LogP contribution in [0, 0.1) is 11.6 Å². The Morgan fingerprint density at radius 3 is 2.69 bits per heavy atom. The maximum Gasteiger partial charge on any atom is 0.136 e. The lowest BCUT2D eigenvalue weighted by Gasteiger charge is -1.97. The van der Waals surface area contributed by atoms with Gasteiger partial charge in [0.05, 0.1) is 0 Å². The molecule has 0 atom stereocenters. The standard InChI is InChI=1S/C9H5F2NS/c10-6-1-2-7(8(11)5-6)9-12-3-4-13-9/h1-5H. The van der Waals surface area contributed by atoms with Gasteiger partial charge in [-0.25, -0.2) is 13.8 Å². The lowest BCUT2D eigenvalue weighted by molar-refractivity contribution is 0.585. The van der Waals surface area contributed by atoms with E-state index >= 15 is 0 Å². The number of benzene rings is 1. The third kappa shape index (κ3) is 1.58. The van der Waals surface area contributed by atoms with E-state index in [4.69, 9.17) is 0 Å². The summed E-state index contributed by atoms with van der Waals surface area (Å²) in [5.74, 6) is -1.15. The Bertz CT molecular complexity index is 412. The highest BCUT2D eigenvalue weighted by molar-refractivity contribution is 7.13. The molecule has 1 heterocycles. The van der Waals surface area contributed by atoms with Crippen molar-refractivity contribution in [3.8, 4) is 10.6 Å². The first-order chi connectivity index (χ1) is 6.27. The topological polar surface area (TPSA) is 12.9 Å². The first-order valence-corrected chi connectivity index (χ1v) is 4.50. The van der Waals surface area contributed by atoms with Crippen molar-refractivity contribution in [2.24, 2.45) is 0 Å². The quantitative estimate of drug-likeness (QED) is 0.684. The second kappa shape index (κ2) is 3.22. The van der Waals surface area contributed by atoms with E-state index in [1.807, 2.05) is 0 Å². The number of aromatic nitrogens is 1. The Hall–Kier alpha value is -1.29. The van der Waals surface area contributed by atoms with Crippen LogP contribution in [-0.4, -0.2) is 4.98 Å². The van der Waals surface area contributed by atoms with Gasteiger partial charge in [-0.2, -0.15) is 0 Å². The van der Waals surface area contributed by atoms with Crippen LogP contribution in [0.15, 0.2) is 29.8 Å². The molecule has 1 aromatic heterocycles. The van der Waals surface area contributed by atoms with Gasteiger partial charge < -0.3 is 0 Å². The van der Waals surface area contributed by atoms with Gasteiger partial charge in [0.25, 0.3) is 0 Å². The zero-order chi connectivity index (χ0) is 9.26. The summed E-state index contributed by atoms with van der Waals surface area (Å²) >= 11 is 1.32. The van der Waals surface area contributed by atoms with E-state index < -0.39 is 11.6 Å². The molecule has 0 saturated carbocycles.